The molecule has 0 N–H and O–H groups in total. The number of carbonyl (C=O) groups excluding carboxylic acids is 1. The SMILES string of the molecule is CN1CCC2C(=O)N21. The predicted molar refractivity (Wildman–Crippen MR) is 27.9 cm³/mol. The number of hydrogen-bond acceptors (Lipinski definition) is 2. The molecule has 2 saturated heterocycles. The molecule has 0 aromatic rings. The minimum Gasteiger partial charge on any atom is -0.271 e. The average molecular weight is 112 g/mol. The van der Waals surface area contributed by atoms with Crippen molar-refractivity contribution < 1.29 is 4.79 Å². The van der Waals surface area contributed by atoms with E-state index in [1.54, 1.807) is 5.01 Å². The van der Waals surface area contributed by atoms with Crippen LogP contribution in [0.15, 0.2) is 0 Å². The van der Waals surface area contributed by atoms with Gasteiger partial charge in [0.05, 0.1) is 0 Å². The molecule has 8 heavy (non-hydrogen) atoms. The molecule has 0 saturated carbocycles. The Balaban J connectivity index is 2.17. The van der Waals surface area contributed by atoms with Crippen molar-refractivity contribution in [2.75, 3.05) is 13.6 Å². The molecule has 44 valence electrons. The third-order valence-electron chi connectivity index (χ3n) is 1.83. The lowest BCUT2D eigenvalue weighted by molar-refractivity contribution is -0.119. The van der Waals surface area contributed by atoms with E-state index in [0.29, 0.717) is 5.91 Å². The molecule has 0 spiro atoms. The highest BCUT2D eigenvalue weighted by Gasteiger charge is 2.52. The zero-order valence-corrected chi connectivity index (χ0v) is 4.79. The van der Waals surface area contributed by atoms with Gasteiger partial charge in [-0.25, -0.2) is 5.01 Å². The Morgan fingerprint density at radius 3 is 2.75 bits per heavy atom. The highest BCUT2D eigenvalue weighted by Crippen LogP contribution is 2.30. The molecular weight excluding hydrogens is 104 g/mol. The number of hydrazine groups is 1. The van der Waals surface area contributed by atoms with Crippen LogP contribution in [0.2, 0.25) is 0 Å². The topological polar surface area (TPSA) is 23.3 Å². The van der Waals surface area contributed by atoms with Gasteiger partial charge in [0.25, 0.3) is 5.91 Å². The van der Waals surface area contributed by atoms with Gasteiger partial charge in [-0.3, -0.25) is 9.80 Å². The van der Waals surface area contributed by atoms with Crippen molar-refractivity contribution in [3.8, 4) is 0 Å². The van der Waals surface area contributed by atoms with Crippen molar-refractivity contribution in [3.05, 3.63) is 0 Å². The average Bonchev–Trinajstić information content (AvgIpc) is 2.13. The first-order valence-corrected chi connectivity index (χ1v) is 2.85. The highest BCUT2D eigenvalue weighted by atomic mass is 16.2. The van der Waals surface area contributed by atoms with Crippen LogP contribution in [0.1, 0.15) is 6.42 Å². The summed E-state index contributed by atoms with van der Waals surface area (Å²) in [6, 6.07) is 0.278. The Labute approximate surface area is 47.8 Å². The van der Waals surface area contributed by atoms with E-state index in [9.17, 15) is 4.79 Å². The second-order valence-corrected chi connectivity index (χ2v) is 2.37. The maximum Gasteiger partial charge on any atom is 0.262 e. The lowest BCUT2D eigenvalue weighted by Crippen LogP contribution is -2.21. The van der Waals surface area contributed by atoms with Crippen LogP contribution in [0.3, 0.4) is 0 Å². The van der Waals surface area contributed by atoms with Crippen LogP contribution in [-0.4, -0.2) is 35.6 Å². The third-order valence-corrected chi connectivity index (χ3v) is 1.83. The summed E-state index contributed by atoms with van der Waals surface area (Å²) in [4.78, 5) is 10.6. The van der Waals surface area contributed by atoms with Gasteiger partial charge in [0.2, 0.25) is 0 Å². The first kappa shape index (κ1) is 4.32. The van der Waals surface area contributed by atoms with Crippen molar-refractivity contribution in [2.45, 2.75) is 12.5 Å². The van der Waals surface area contributed by atoms with E-state index in [1.165, 1.54) is 0 Å². The van der Waals surface area contributed by atoms with E-state index >= 15 is 0 Å². The minimum absolute atomic E-state index is 0.278. The number of carbonyl (C=O) groups is 1. The number of nitrogens with zero attached hydrogens (tertiary/aromatic N) is 2. The van der Waals surface area contributed by atoms with E-state index in [2.05, 4.69) is 0 Å². The Kier molecular flexibility index (Phi) is 0.568. The Bertz CT molecular complexity index is 145. The van der Waals surface area contributed by atoms with Crippen LogP contribution in [0.5, 0.6) is 0 Å². The van der Waals surface area contributed by atoms with Crippen molar-refractivity contribution >= 4 is 5.91 Å². The molecule has 0 aromatic heterocycles. The van der Waals surface area contributed by atoms with E-state index in [4.69, 9.17) is 0 Å². The highest BCUT2D eigenvalue weighted by molar-refractivity contribution is 5.96. The molecule has 1 amide bonds. The standard InChI is InChI=1S/C5H8N2O/c1-6-3-2-4-5(8)7(4)6/h4H,2-3H2,1H3. The van der Waals surface area contributed by atoms with Gasteiger partial charge >= 0.3 is 0 Å². The summed E-state index contributed by atoms with van der Waals surface area (Å²) in [6.07, 6.45) is 1.04. The quantitative estimate of drug-likeness (QED) is 0.392. The zero-order chi connectivity index (χ0) is 5.72. The van der Waals surface area contributed by atoms with Crippen molar-refractivity contribution in [2.24, 2.45) is 0 Å². The van der Waals surface area contributed by atoms with E-state index in [1.807, 2.05) is 12.1 Å². The van der Waals surface area contributed by atoms with Crippen molar-refractivity contribution in [3.63, 3.8) is 0 Å². The van der Waals surface area contributed by atoms with Crippen LogP contribution in [0, 0.1) is 0 Å². The Morgan fingerprint density at radius 2 is 2.50 bits per heavy atom. The summed E-state index contributed by atoms with van der Waals surface area (Å²) < 4.78 is 0. The van der Waals surface area contributed by atoms with Crippen LogP contribution in [0.4, 0.5) is 0 Å². The molecule has 0 aromatic carbocycles. The largest absolute Gasteiger partial charge is 0.271 e. The fraction of sp³-hybridized carbons (Fsp3) is 0.800. The van der Waals surface area contributed by atoms with Gasteiger partial charge in [0.1, 0.15) is 6.04 Å². The van der Waals surface area contributed by atoms with Gasteiger partial charge < -0.3 is 0 Å². The lowest BCUT2D eigenvalue weighted by Gasteiger charge is -2.08. The number of rotatable bonds is 0. The van der Waals surface area contributed by atoms with Crippen LogP contribution in [0.25, 0.3) is 0 Å². The summed E-state index contributed by atoms with van der Waals surface area (Å²) >= 11 is 0. The lowest BCUT2D eigenvalue weighted by atomic mass is 10.3. The molecule has 1 unspecified atom stereocenters. The van der Waals surface area contributed by atoms with Gasteiger partial charge in [0, 0.05) is 13.6 Å². The first-order valence-electron chi connectivity index (χ1n) is 2.85. The molecule has 0 radical (unpaired) electrons. The monoisotopic (exact) mass is 112 g/mol. The van der Waals surface area contributed by atoms with Gasteiger partial charge in [-0.15, -0.1) is 0 Å². The van der Waals surface area contributed by atoms with Gasteiger partial charge in [-0.05, 0) is 6.42 Å². The second-order valence-electron chi connectivity index (χ2n) is 2.37. The minimum atomic E-state index is 0.278. The number of hydrogen-bond donors (Lipinski definition) is 0. The molecule has 2 heterocycles. The molecule has 3 nitrogen and oxygen atoms in total. The Hall–Kier alpha value is -0.570. The third kappa shape index (κ3) is 0.314. The summed E-state index contributed by atoms with van der Waals surface area (Å²) in [7, 11) is 1.95. The summed E-state index contributed by atoms with van der Waals surface area (Å²) in [5.41, 5.74) is 0. The maximum atomic E-state index is 10.6. The Morgan fingerprint density at radius 1 is 1.75 bits per heavy atom. The maximum absolute atomic E-state index is 10.6. The molecule has 0 bridgehead atoms. The van der Waals surface area contributed by atoms with Crippen LogP contribution in [-0.2, 0) is 4.79 Å². The first-order chi connectivity index (χ1) is 3.80. The number of amides is 1. The van der Waals surface area contributed by atoms with Crippen LogP contribution >= 0.6 is 0 Å². The fourth-order valence-corrected chi connectivity index (χ4v) is 1.28. The normalized spacial score (nSPS) is 35.9. The zero-order valence-electron chi connectivity index (χ0n) is 4.79. The van der Waals surface area contributed by atoms with Crippen molar-refractivity contribution in [1.29, 1.82) is 0 Å². The van der Waals surface area contributed by atoms with E-state index in [0.717, 1.165) is 13.0 Å². The van der Waals surface area contributed by atoms with E-state index in [-0.39, 0.29) is 6.04 Å². The van der Waals surface area contributed by atoms with Crippen LogP contribution < -0.4 is 0 Å². The molecular formula is C5H8N2O. The van der Waals surface area contributed by atoms with Gasteiger partial charge in [-0.1, -0.05) is 0 Å². The molecule has 3 heteroatoms. The molecule has 1 atom stereocenters. The van der Waals surface area contributed by atoms with Crippen molar-refractivity contribution in [1.82, 2.24) is 10.0 Å². The molecule has 2 fully saturated rings. The smallest absolute Gasteiger partial charge is 0.262 e. The summed E-state index contributed by atoms with van der Waals surface area (Å²) in [6.45, 7) is 1.05. The second kappa shape index (κ2) is 1.05. The van der Waals surface area contributed by atoms with Gasteiger partial charge in [-0.2, -0.15) is 0 Å². The summed E-state index contributed by atoms with van der Waals surface area (Å²) in [5, 5.41) is 3.78. The summed E-state index contributed by atoms with van der Waals surface area (Å²) in [5.74, 6) is 0.304. The van der Waals surface area contributed by atoms with E-state index < -0.39 is 0 Å². The fourth-order valence-electron chi connectivity index (χ4n) is 1.28. The van der Waals surface area contributed by atoms with Gasteiger partial charge in [0.15, 0.2) is 0 Å². The molecule has 2 rings (SSSR count). The predicted octanol–water partition coefficient (Wildman–Crippen LogP) is -0.552. The number of fused-ring (bicyclic) bond motifs is 1. The molecule has 2 aliphatic heterocycles. The molecule has 2 aliphatic rings. The molecule has 0 aliphatic carbocycles.